The van der Waals surface area contributed by atoms with Crippen LogP contribution in [-0.2, 0) is 4.74 Å². The van der Waals surface area contributed by atoms with Crippen molar-refractivity contribution in [3.8, 4) is 0 Å². The van der Waals surface area contributed by atoms with Crippen LogP contribution in [0, 0.1) is 5.92 Å². The lowest BCUT2D eigenvalue weighted by Gasteiger charge is -2.34. The Morgan fingerprint density at radius 1 is 1.30 bits per heavy atom. The summed E-state index contributed by atoms with van der Waals surface area (Å²) >= 11 is 1.95. The van der Waals surface area contributed by atoms with Gasteiger partial charge in [-0.1, -0.05) is 0 Å². The Bertz CT molecular complexity index is 305. The second kappa shape index (κ2) is 9.35. The highest BCUT2D eigenvalue weighted by Gasteiger charge is 2.31. The number of thioether (sulfide) groups is 1. The van der Waals surface area contributed by atoms with Crippen LogP contribution in [-0.4, -0.2) is 49.8 Å². The number of ether oxygens (including phenoxy) is 1. The maximum atomic E-state index is 5.48. The number of nitrogens with one attached hydrogen (secondary N) is 2. The van der Waals surface area contributed by atoms with Gasteiger partial charge in [-0.25, -0.2) is 0 Å². The Kier molecular flexibility index (Phi) is 8.59. The zero-order valence-corrected chi connectivity index (χ0v) is 15.8. The van der Waals surface area contributed by atoms with E-state index < -0.39 is 0 Å². The molecule has 0 bridgehead atoms. The lowest BCUT2D eigenvalue weighted by molar-refractivity contribution is 0.0794. The van der Waals surface area contributed by atoms with Crippen LogP contribution in [0.15, 0.2) is 4.99 Å². The van der Waals surface area contributed by atoms with Gasteiger partial charge in [0.2, 0.25) is 0 Å². The van der Waals surface area contributed by atoms with E-state index in [1.165, 1.54) is 12.8 Å². The summed E-state index contributed by atoms with van der Waals surface area (Å²) < 4.78 is 5.75. The third kappa shape index (κ3) is 5.97. The first-order chi connectivity index (χ1) is 9.28. The molecule has 2 rings (SSSR count). The molecule has 0 aromatic heterocycles. The predicted octanol–water partition coefficient (Wildman–Crippen LogP) is 2.48. The fraction of sp³-hybridized carbons (Fsp3) is 0.929. The van der Waals surface area contributed by atoms with Crippen LogP contribution in [0.5, 0.6) is 0 Å². The molecule has 1 heterocycles. The fourth-order valence-corrected chi connectivity index (χ4v) is 3.07. The molecular weight excluding hydrogens is 385 g/mol. The summed E-state index contributed by atoms with van der Waals surface area (Å²) in [7, 11) is 0. The summed E-state index contributed by atoms with van der Waals surface area (Å²) in [5, 5.41) is 6.81. The lowest BCUT2D eigenvalue weighted by Crippen LogP contribution is -2.41. The first-order valence-corrected chi connectivity index (χ1v) is 8.65. The maximum Gasteiger partial charge on any atom is 0.191 e. The topological polar surface area (TPSA) is 45.7 Å². The number of guanidine groups is 1. The van der Waals surface area contributed by atoms with Gasteiger partial charge >= 0.3 is 0 Å². The molecule has 2 N–H and O–H groups in total. The van der Waals surface area contributed by atoms with E-state index in [0.29, 0.717) is 0 Å². The van der Waals surface area contributed by atoms with Crippen molar-refractivity contribution in [1.82, 2.24) is 10.6 Å². The summed E-state index contributed by atoms with van der Waals surface area (Å²) in [4.78, 5) is 4.80. The minimum absolute atomic E-state index is 0. The van der Waals surface area contributed by atoms with Gasteiger partial charge in [0, 0.05) is 31.1 Å². The van der Waals surface area contributed by atoms with Crippen molar-refractivity contribution in [2.24, 2.45) is 10.9 Å². The highest BCUT2D eigenvalue weighted by Crippen LogP contribution is 2.34. The van der Waals surface area contributed by atoms with Gasteiger partial charge in [-0.15, -0.1) is 24.0 Å². The molecule has 1 saturated carbocycles. The second-order valence-electron chi connectivity index (χ2n) is 5.52. The summed E-state index contributed by atoms with van der Waals surface area (Å²) in [5.41, 5.74) is 0. The molecule has 0 unspecified atom stereocenters. The quantitative estimate of drug-likeness (QED) is 0.399. The average Bonchev–Trinajstić information content (AvgIpc) is 3.27. The summed E-state index contributed by atoms with van der Waals surface area (Å²) in [6.07, 6.45) is 7.17. The van der Waals surface area contributed by atoms with Crippen LogP contribution >= 0.6 is 35.7 Å². The third-order valence-corrected chi connectivity index (χ3v) is 5.37. The number of aliphatic imine (C=N–C) groups is 1. The lowest BCUT2D eigenvalue weighted by atomic mass is 9.99. The molecule has 0 spiro atoms. The first-order valence-electron chi connectivity index (χ1n) is 7.43. The predicted molar refractivity (Wildman–Crippen MR) is 98.4 cm³/mol. The SMILES string of the molecule is CCNC(=NCC1(SC)CCOCC1)NCC1CC1.I. The first kappa shape index (κ1) is 18.4. The van der Waals surface area contributed by atoms with Crippen LogP contribution in [0.1, 0.15) is 32.6 Å². The van der Waals surface area contributed by atoms with Crippen molar-refractivity contribution in [3.63, 3.8) is 0 Å². The molecule has 2 aliphatic rings. The van der Waals surface area contributed by atoms with Crippen molar-refractivity contribution in [2.75, 3.05) is 39.1 Å². The van der Waals surface area contributed by atoms with Crippen molar-refractivity contribution in [3.05, 3.63) is 0 Å². The summed E-state index contributed by atoms with van der Waals surface area (Å²) in [5.74, 6) is 1.86. The molecule has 1 aliphatic heterocycles. The van der Waals surface area contributed by atoms with E-state index in [2.05, 4.69) is 23.8 Å². The van der Waals surface area contributed by atoms with Gasteiger partial charge in [-0.3, -0.25) is 4.99 Å². The molecule has 4 nitrogen and oxygen atoms in total. The molecule has 20 heavy (non-hydrogen) atoms. The van der Waals surface area contributed by atoms with E-state index in [1.807, 2.05) is 11.8 Å². The molecule has 1 aliphatic carbocycles. The van der Waals surface area contributed by atoms with E-state index in [1.54, 1.807) is 0 Å². The van der Waals surface area contributed by atoms with Gasteiger partial charge in [-0.05, 0) is 44.8 Å². The van der Waals surface area contributed by atoms with E-state index in [4.69, 9.17) is 9.73 Å². The Balaban J connectivity index is 0.00000200. The molecule has 0 atom stereocenters. The summed E-state index contributed by atoms with van der Waals surface area (Å²) in [6, 6.07) is 0. The number of halogens is 1. The average molecular weight is 413 g/mol. The Labute approximate surface area is 144 Å². The van der Waals surface area contributed by atoms with Crippen LogP contribution in [0.3, 0.4) is 0 Å². The van der Waals surface area contributed by atoms with Crippen molar-refractivity contribution in [1.29, 1.82) is 0 Å². The maximum absolute atomic E-state index is 5.48. The molecule has 0 aromatic rings. The van der Waals surface area contributed by atoms with Crippen molar-refractivity contribution < 1.29 is 4.74 Å². The van der Waals surface area contributed by atoms with Crippen molar-refractivity contribution >= 4 is 41.7 Å². The molecule has 6 heteroatoms. The van der Waals surface area contributed by atoms with E-state index in [-0.39, 0.29) is 28.7 Å². The molecule has 0 amide bonds. The minimum Gasteiger partial charge on any atom is -0.381 e. The zero-order chi connectivity index (χ0) is 13.6. The number of hydrogen-bond donors (Lipinski definition) is 2. The standard InChI is InChI=1S/C14H27N3OS.HI/c1-3-15-13(16-10-12-4-5-12)17-11-14(19-2)6-8-18-9-7-14;/h12H,3-11H2,1-2H3,(H2,15,16,17);1H. The second-order valence-corrected chi connectivity index (χ2v) is 6.79. The Hall–Kier alpha value is 0.310. The molecule has 0 radical (unpaired) electrons. The van der Waals surface area contributed by atoms with Crippen molar-refractivity contribution in [2.45, 2.75) is 37.4 Å². The van der Waals surface area contributed by atoms with Crippen LogP contribution in [0.25, 0.3) is 0 Å². The van der Waals surface area contributed by atoms with Gasteiger partial charge in [0.05, 0.1) is 6.54 Å². The van der Waals surface area contributed by atoms with Crippen LogP contribution in [0.4, 0.5) is 0 Å². The highest BCUT2D eigenvalue weighted by molar-refractivity contribution is 14.0. The normalized spacial score (nSPS) is 22.0. The van der Waals surface area contributed by atoms with E-state index in [0.717, 1.165) is 57.6 Å². The fourth-order valence-electron chi connectivity index (χ4n) is 2.30. The largest absolute Gasteiger partial charge is 0.381 e. The van der Waals surface area contributed by atoms with Gasteiger partial charge in [0.25, 0.3) is 0 Å². The van der Waals surface area contributed by atoms with Gasteiger partial charge < -0.3 is 15.4 Å². The number of rotatable bonds is 6. The van der Waals surface area contributed by atoms with E-state index >= 15 is 0 Å². The molecule has 1 saturated heterocycles. The zero-order valence-electron chi connectivity index (χ0n) is 12.6. The summed E-state index contributed by atoms with van der Waals surface area (Å²) in [6.45, 7) is 6.75. The molecular formula is C14H28IN3OS. The number of hydrogen-bond acceptors (Lipinski definition) is 3. The molecule has 2 fully saturated rings. The Morgan fingerprint density at radius 3 is 2.55 bits per heavy atom. The van der Waals surface area contributed by atoms with E-state index in [9.17, 15) is 0 Å². The van der Waals surface area contributed by atoms with Gasteiger partial charge in [0.1, 0.15) is 0 Å². The number of nitrogens with zero attached hydrogens (tertiary/aromatic N) is 1. The highest BCUT2D eigenvalue weighted by atomic mass is 127. The third-order valence-electron chi connectivity index (χ3n) is 3.96. The molecule has 118 valence electrons. The van der Waals surface area contributed by atoms with Gasteiger partial charge in [-0.2, -0.15) is 11.8 Å². The minimum atomic E-state index is 0. The van der Waals surface area contributed by atoms with Crippen LogP contribution < -0.4 is 10.6 Å². The van der Waals surface area contributed by atoms with Crippen LogP contribution in [0.2, 0.25) is 0 Å². The monoisotopic (exact) mass is 413 g/mol. The molecule has 0 aromatic carbocycles. The smallest absolute Gasteiger partial charge is 0.191 e. The van der Waals surface area contributed by atoms with Gasteiger partial charge in [0.15, 0.2) is 5.96 Å². The Morgan fingerprint density at radius 2 is 2.00 bits per heavy atom.